The first-order chi connectivity index (χ1) is 11.8. The average Bonchev–Trinajstić information content (AvgIpc) is 2.67. The lowest BCUT2D eigenvalue weighted by molar-refractivity contribution is 0.239. The summed E-state index contributed by atoms with van der Waals surface area (Å²) >= 11 is 0. The average molecular weight is 338 g/mol. The van der Waals surface area contributed by atoms with Crippen LogP contribution in [0.15, 0.2) is 60.7 Å². The Labute approximate surface area is 148 Å². The van der Waals surface area contributed by atoms with Crippen molar-refractivity contribution in [2.75, 3.05) is 19.6 Å². The van der Waals surface area contributed by atoms with Crippen LogP contribution in [0, 0.1) is 0 Å². The van der Waals surface area contributed by atoms with Crippen LogP contribution in [0.4, 0.5) is 0 Å². The Morgan fingerprint density at radius 1 is 0.750 bits per heavy atom. The molecule has 0 amide bonds. The van der Waals surface area contributed by atoms with Gasteiger partial charge in [-0.3, -0.25) is 0 Å². The SMILES string of the molecule is CCC[Si](CCN1CCCCC1)(c1ccccc1)c1ccccc1. The molecule has 1 aliphatic heterocycles. The third kappa shape index (κ3) is 3.99. The van der Waals surface area contributed by atoms with Gasteiger partial charge in [0.05, 0.1) is 0 Å². The maximum Gasteiger partial charge on any atom is 0.119 e. The fourth-order valence-corrected chi connectivity index (χ4v) is 9.29. The zero-order valence-electron chi connectivity index (χ0n) is 15.1. The van der Waals surface area contributed by atoms with Crippen molar-refractivity contribution in [3.8, 4) is 0 Å². The van der Waals surface area contributed by atoms with Gasteiger partial charge < -0.3 is 4.90 Å². The second-order valence-corrected chi connectivity index (χ2v) is 11.5. The predicted octanol–water partition coefficient (Wildman–Crippen LogP) is 4.15. The Kier molecular flexibility index (Phi) is 6.28. The fraction of sp³-hybridized carbons (Fsp3) is 0.455. The lowest BCUT2D eigenvalue weighted by Crippen LogP contribution is -2.59. The van der Waals surface area contributed by atoms with Gasteiger partial charge in [0.1, 0.15) is 8.07 Å². The number of piperidine rings is 1. The normalized spacial score (nSPS) is 16.2. The van der Waals surface area contributed by atoms with Gasteiger partial charge in [-0.25, -0.2) is 0 Å². The van der Waals surface area contributed by atoms with Gasteiger partial charge in [0.2, 0.25) is 0 Å². The third-order valence-corrected chi connectivity index (χ3v) is 10.9. The lowest BCUT2D eigenvalue weighted by atomic mass is 10.1. The van der Waals surface area contributed by atoms with Gasteiger partial charge >= 0.3 is 0 Å². The minimum Gasteiger partial charge on any atom is -0.304 e. The van der Waals surface area contributed by atoms with Crippen LogP contribution in [0.5, 0.6) is 0 Å². The summed E-state index contributed by atoms with van der Waals surface area (Å²) in [7, 11) is -1.67. The monoisotopic (exact) mass is 337 g/mol. The number of likely N-dealkylation sites (tertiary alicyclic amines) is 1. The Morgan fingerprint density at radius 2 is 1.29 bits per heavy atom. The Balaban J connectivity index is 1.91. The van der Waals surface area contributed by atoms with Crippen molar-refractivity contribution in [2.24, 2.45) is 0 Å². The summed E-state index contributed by atoms with van der Waals surface area (Å²) in [6.07, 6.45) is 5.47. The molecule has 0 unspecified atom stereocenters. The van der Waals surface area contributed by atoms with Crippen LogP contribution in [0.3, 0.4) is 0 Å². The van der Waals surface area contributed by atoms with Crippen molar-refractivity contribution in [2.45, 2.75) is 44.7 Å². The van der Waals surface area contributed by atoms with Crippen molar-refractivity contribution in [1.29, 1.82) is 0 Å². The van der Waals surface area contributed by atoms with E-state index in [0.29, 0.717) is 0 Å². The molecule has 0 saturated carbocycles. The Morgan fingerprint density at radius 3 is 1.79 bits per heavy atom. The summed E-state index contributed by atoms with van der Waals surface area (Å²) < 4.78 is 0. The summed E-state index contributed by atoms with van der Waals surface area (Å²) in [6, 6.07) is 25.5. The van der Waals surface area contributed by atoms with E-state index < -0.39 is 8.07 Å². The van der Waals surface area contributed by atoms with E-state index >= 15 is 0 Å². The molecule has 1 aliphatic rings. The molecule has 1 fully saturated rings. The van der Waals surface area contributed by atoms with E-state index in [1.807, 2.05) is 0 Å². The summed E-state index contributed by atoms with van der Waals surface area (Å²) in [4.78, 5) is 2.72. The van der Waals surface area contributed by atoms with Gasteiger partial charge in [-0.2, -0.15) is 0 Å². The van der Waals surface area contributed by atoms with E-state index in [1.54, 1.807) is 10.4 Å². The van der Waals surface area contributed by atoms with Gasteiger partial charge in [0, 0.05) is 0 Å². The smallest absolute Gasteiger partial charge is 0.119 e. The topological polar surface area (TPSA) is 3.24 Å². The molecule has 0 N–H and O–H groups in total. The van der Waals surface area contributed by atoms with Crippen LogP contribution in [-0.4, -0.2) is 32.6 Å². The second kappa shape index (κ2) is 8.64. The van der Waals surface area contributed by atoms with E-state index in [4.69, 9.17) is 0 Å². The highest BCUT2D eigenvalue weighted by molar-refractivity contribution is 7.02. The molecule has 0 bridgehead atoms. The first-order valence-corrected chi connectivity index (χ1v) is 12.1. The quantitative estimate of drug-likeness (QED) is 0.686. The number of nitrogens with zero attached hydrogens (tertiary/aromatic N) is 1. The van der Waals surface area contributed by atoms with Crippen LogP contribution in [0.25, 0.3) is 0 Å². The summed E-state index contributed by atoms with van der Waals surface area (Å²) in [5.74, 6) is 0. The van der Waals surface area contributed by atoms with Crippen LogP contribution in [0.1, 0.15) is 32.6 Å². The van der Waals surface area contributed by atoms with Gasteiger partial charge in [0.25, 0.3) is 0 Å². The van der Waals surface area contributed by atoms with Crippen molar-refractivity contribution in [3.05, 3.63) is 60.7 Å². The molecule has 0 spiro atoms. The summed E-state index contributed by atoms with van der Waals surface area (Å²) in [5, 5.41) is 3.24. The molecule has 1 saturated heterocycles. The molecule has 0 atom stereocenters. The highest BCUT2D eigenvalue weighted by Gasteiger charge is 2.36. The fourth-order valence-electron chi connectivity index (χ4n) is 4.34. The highest BCUT2D eigenvalue weighted by atomic mass is 28.3. The molecular weight excluding hydrogens is 306 g/mol. The molecule has 1 heterocycles. The first kappa shape index (κ1) is 17.4. The van der Waals surface area contributed by atoms with Gasteiger partial charge in [0.15, 0.2) is 0 Å². The Hall–Kier alpha value is -1.38. The standard InChI is InChI=1S/C22H31NSi/c1-2-19-24(21-12-6-3-7-13-21,22-14-8-4-9-15-22)20-18-23-16-10-5-11-17-23/h3-4,6-9,12-15H,2,5,10-11,16-20H2,1H3. The van der Waals surface area contributed by atoms with Crippen LogP contribution >= 0.6 is 0 Å². The summed E-state index contributed by atoms with van der Waals surface area (Å²) in [5.41, 5.74) is 0. The van der Waals surface area contributed by atoms with Gasteiger partial charge in [-0.15, -0.1) is 0 Å². The molecule has 0 radical (unpaired) electrons. The second-order valence-electron chi connectivity index (χ2n) is 7.22. The molecule has 3 rings (SSSR count). The third-order valence-electron chi connectivity index (χ3n) is 5.63. The maximum absolute atomic E-state index is 2.72. The number of benzene rings is 2. The van der Waals surface area contributed by atoms with E-state index in [-0.39, 0.29) is 0 Å². The number of hydrogen-bond donors (Lipinski definition) is 0. The summed E-state index contributed by atoms with van der Waals surface area (Å²) in [6.45, 7) is 6.24. The van der Waals surface area contributed by atoms with Gasteiger partial charge in [-0.05, 0) is 44.6 Å². The molecular formula is C22H31NSi. The molecule has 1 nitrogen and oxygen atoms in total. The molecule has 2 aromatic rings. The van der Waals surface area contributed by atoms with Crippen molar-refractivity contribution < 1.29 is 0 Å². The minimum absolute atomic E-state index is 1.27. The molecule has 2 aromatic carbocycles. The van der Waals surface area contributed by atoms with Crippen LogP contribution in [0.2, 0.25) is 12.1 Å². The zero-order chi connectivity index (χ0) is 16.7. The van der Waals surface area contributed by atoms with Gasteiger partial charge in [-0.1, -0.05) is 90.8 Å². The molecule has 24 heavy (non-hydrogen) atoms. The predicted molar refractivity (Wildman–Crippen MR) is 108 cm³/mol. The minimum atomic E-state index is -1.67. The van der Waals surface area contributed by atoms with E-state index in [1.165, 1.54) is 57.4 Å². The zero-order valence-corrected chi connectivity index (χ0v) is 16.1. The molecule has 2 heteroatoms. The Bertz CT molecular complexity index is 550. The van der Waals surface area contributed by atoms with Crippen molar-refractivity contribution in [3.63, 3.8) is 0 Å². The van der Waals surface area contributed by atoms with E-state index in [9.17, 15) is 0 Å². The largest absolute Gasteiger partial charge is 0.304 e. The lowest BCUT2D eigenvalue weighted by Gasteiger charge is -2.36. The van der Waals surface area contributed by atoms with Crippen LogP contribution < -0.4 is 10.4 Å². The number of rotatable bonds is 7. The molecule has 128 valence electrons. The first-order valence-electron chi connectivity index (χ1n) is 9.68. The molecule has 0 aliphatic carbocycles. The number of hydrogen-bond acceptors (Lipinski definition) is 1. The van der Waals surface area contributed by atoms with Crippen molar-refractivity contribution >= 4 is 18.4 Å². The van der Waals surface area contributed by atoms with Crippen LogP contribution in [-0.2, 0) is 0 Å². The molecule has 0 aromatic heterocycles. The van der Waals surface area contributed by atoms with Crippen molar-refractivity contribution in [1.82, 2.24) is 4.90 Å². The van der Waals surface area contributed by atoms with E-state index in [0.717, 1.165) is 0 Å². The highest BCUT2D eigenvalue weighted by Crippen LogP contribution is 2.21. The maximum atomic E-state index is 2.72. The van der Waals surface area contributed by atoms with E-state index in [2.05, 4.69) is 72.5 Å².